The predicted molar refractivity (Wildman–Crippen MR) is 130 cm³/mol. The van der Waals surface area contributed by atoms with Crippen LogP contribution in [-0.2, 0) is 18.9 Å². The zero-order valence-electron chi connectivity index (χ0n) is 21.9. The number of carbonyl (C=O) groups is 3. The minimum Gasteiger partial charge on any atom is -0.443 e. The number of carbonyl (C=O) groups excluding carboxylic acids is 3. The van der Waals surface area contributed by atoms with Crippen LogP contribution in [0.25, 0.3) is 0 Å². The Morgan fingerprint density at radius 2 is 1.44 bits per heavy atom. The molecule has 13 heteroatoms. The van der Waals surface area contributed by atoms with E-state index in [4.69, 9.17) is 18.9 Å². The topological polar surface area (TPSA) is 126 Å². The molecule has 0 spiro atoms. The Morgan fingerprint density at radius 1 is 0.944 bits per heavy atom. The lowest BCUT2D eigenvalue weighted by molar-refractivity contribution is -0.0338. The van der Waals surface area contributed by atoms with Crippen molar-refractivity contribution in [2.75, 3.05) is 4.90 Å². The standard InChI is InChI=1S/C23H33FN3O8S/c1-21(2,3)33-18(29)27(19(30)34-22(4,5)6)14-10-11-26(17(28)25-14)16-15(24)13(12-36-16)32-20(31)35-23(7,8)9/h10-13,15-16H,1-9H3/t13-,15+,16-/m1/s1. The number of hydrogen-bond acceptors (Lipinski definition) is 10. The minimum atomic E-state index is -1.79. The van der Waals surface area contributed by atoms with Gasteiger partial charge in [-0.2, -0.15) is 9.88 Å². The van der Waals surface area contributed by atoms with Gasteiger partial charge in [-0.3, -0.25) is 4.57 Å². The van der Waals surface area contributed by atoms with Gasteiger partial charge >= 0.3 is 24.0 Å². The molecule has 0 N–H and O–H groups in total. The summed E-state index contributed by atoms with van der Waals surface area (Å²) in [5.74, 6) is 0.983. The van der Waals surface area contributed by atoms with Gasteiger partial charge in [0.25, 0.3) is 0 Å². The summed E-state index contributed by atoms with van der Waals surface area (Å²) in [7, 11) is 0. The van der Waals surface area contributed by atoms with E-state index in [0.717, 1.165) is 16.3 Å². The first-order valence-electron chi connectivity index (χ1n) is 11.2. The van der Waals surface area contributed by atoms with Crippen LogP contribution in [0.1, 0.15) is 67.7 Å². The monoisotopic (exact) mass is 530 g/mol. The van der Waals surface area contributed by atoms with Gasteiger partial charge in [0.1, 0.15) is 22.2 Å². The largest absolute Gasteiger partial charge is 0.509 e. The van der Waals surface area contributed by atoms with Crippen molar-refractivity contribution in [2.24, 2.45) is 0 Å². The molecule has 1 radical (unpaired) electrons. The van der Waals surface area contributed by atoms with Crippen LogP contribution in [0.5, 0.6) is 0 Å². The van der Waals surface area contributed by atoms with Crippen molar-refractivity contribution in [3.8, 4) is 0 Å². The molecule has 1 aliphatic heterocycles. The van der Waals surface area contributed by atoms with E-state index in [1.54, 1.807) is 62.3 Å². The number of anilines is 1. The summed E-state index contributed by atoms with van der Waals surface area (Å²) in [5, 5.41) is -1.11. The van der Waals surface area contributed by atoms with Gasteiger partial charge in [-0.05, 0) is 68.4 Å². The van der Waals surface area contributed by atoms with Crippen molar-refractivity contribution in [3.63, 3.8) is 0 Å². The molecule has 36 heavy (non-hydrogen) atoms. The average molecular weight is 531 g/mol. The molecule has 2 amide bonds. The van der Waals surface area contributed by atoms with Crippen molar-refractivity contribution in [1.29, 1.82) is 0 Å². The summed E-state index contributed by atoms with van der Waals surface area (Å²) < 4.78 is 36.6. The summed E-state index contributed by atoms with van der Waals surface area (Å²) in [6, 6.07) is 1.19. The van der Waals surface area contributed by atoms with Gasteiger partial charge in [-0.15, -0.1) is 11.8 Å². The Bertz CT molecular complexity index is 1010. The summed E-state index contributed by atoms with van der Waals surface area (Å²) in [4.78, 5) is 54.5. The zero-order valence-corrected chi connectivity index (χ0v) is 22.7. The van der Waals surface area contributed by atoms with E-state index in [0.29, 0.717) is 4.90 Å². The highest BCUT2D eigenvalue weighted by atomic mass is 32.2. The maximum atomic E-state index is 15.1. The Hall–Kier alpha value is -2.83. The average Bonchev–Trinajstić information content (AvgIpc) is 2.97. The first-order valence-corrected chi connectivity index (χ1v) is 12.1. The molecule has 0 unspecified atom stereocenters. The van der Waals surface area contributed by atoms with Crippen LogP contribution in [0, 0.1) is 5.75 Å². The number of nitrogens with zero attached hydrogens (tertiary/aromatic N) is 3. The van der Waals surface area contributed by atoms with E-state index < -0.39 is 58.5 Å². The highest BCUT2D eigenvalue weighted by Crippen LogP contribution is 2.42. The smallest absolute Gasteiger partial charge is 0.443 e. The molecule has 1 saturated heterocycles. The molecular formula is C23H33FN3O8S. The summed E-state index contributed by atoms with van der Waals surface area (Å²) in [5.41, 5.74) is -3.67. The number of imide groups is 1. The molecular weight excluding hydrogens is 497 g/mol. The predicted octanol–water partition coefficient (Wildman–Crippen LogP) is 4.99. The second-order valence-corrected chi connectivity index (χ2v) is 12.0. The van der Waals surface area contributed by atoms with Gasteiger partial charge in [-0.1, -0.05) is 0 Å². The quantitative estimate of drug-likeness (QED) is 0.390. The van der Waals surface area contributed by atoms with E-state index in [1.165, 1.54) is 18.0 Å². The molecule has 1 aromatic rings. The van der Waals surface area contributed by atoms with Crippen LogP contribution >= 0.6 is 11.8 Å². The Labute approximate surface area is 213 Å². The second-order valence-electron chi connectivity index (χ2n) is 10.9. The van der Waals surface area contributed by atoms with Crippen molar-refractivity contribution in [1.82, 2.24) is 9.55 Å². The number of thioether (sulfide) groups is 1. The molecule has 3 atom stereocenters. The van der Waals surface area contributed by atoms with Crippen LogP contribution in [0.3, 0.4) is 0 Å². The molecule has 0 aliphatic carbocycles. The third kappa shape index (κ3) is 8.38. The molecule has 201 valence electrons. The molecule has 0 bridgehead atoms. The van der Waals surface area contributed by atoms with Gasteiger partial charge in [-0.25, -0.2) is 23.6 Å². The SMILES string of the molecule is CC(C)(C)OC(=O)O[C@@H]1[CH]S[C@@H](n2ccc(N(C(=O)OC(C)(C)C)C(=O)OC(C)(C)C)nc2=O)[C@H]1F. The number of amides is 2. The molecule has 1 aliphatic rings. The molecule has 2 heterocycles. The maximum absolute atomic E-state index is 15.1. The third-order valence-corrected chi connectivity index (χ3v) is 5.22. The first-order chi connectivity index (χ1) is 16.3. The first kappa shape index (κ1) is 29.4. The molecule has 1 fully saturated rings. The summed E-state index contributed by atoms with van der Waals surface area (Å²) in [6.07, 6.45) is -5.11. The fourth-order valence-electron chi connectivity index (χ4n) is 2.77. The number of halogens is 1. The van der Waals surface area contributed by atoms with Crippen molar-refractivity contribution in [3.05, 3.63) is 28.5 Å². The van der Waals surface area contributed by atoms with Crippen LogP contribution in [0.4, 0.5) is 24.6 Å². The van der Waals surface area contributed by atoms with Crippen LogP contribution in [0.15, 0.2) is 17.1 Å². The molecule has 11 nitrogen and oxygen atoms in total. The Morgan fingerprint density at radius 3 is 1.89 bits per heavy atom. The second kappa shape index (κ2) is 10.7. The lowest BCUT2D eigenvalue weighted by Gasteiger charge is -2.28. The number of alkyl halides is 1. The number of ether oxygens (including phenoxy) is 4. The highest BCUT2D eigenvalue weighted by Gasteiger charge is 2.43. The lowest BCUT2D eigenvalue weighted by atomic mass is 10.2. The Kier molecular flexibility index (Phi) is 8.70. The van der Waals surface area contributed by atoms with Crippen molar-refractivity contribution >= 4 is 35.9 Å². The normalized spacial score (nSPS) is 20.4. The fraction of sp³-hybridized carbons (Fsp3) is 0.652. The van der Waals surface area contributed by atoms with Gasteiger partial charge in [0, 0.05) is 6.20 Å². The third-order valence-electron chi connectivity index (χ3n) is 4.03. The molecule has 1 aromatic heterocycles. The maximum Gasteiger partial charge on any atom is 0.509 e. The number of rotatable bonds is 3. The summed E-state index contributed by atoms with van der Waals surface area (Å²) in [6.45, 7) is 14.6. The zero-order chi connectivity index (χ0) is 27.6. The van der Waals surface area contributed by atoms with E-state index in [-0.39, 0.29) is 5.82 Å². The van der Waals surface area contributed by atoms with E-state index in [9.17, 15) is 19.2 Å². The van der Waals surface area contributed by atoms with Crippen LogP contribution < -0.4 is 10.6 Å². The number of hydrogen-bond donors (Lipinski definition) is 0. The lowest BCUT2D eigenvalue weighted by Crippen LogP contribution is -2.45. The molecule has 0 saturated carbocycles. The van der Waals surface area contributed by atoms with Crippen molar-refractivity contribution in [2.45, 2.75) is 96.8 Å². The van der Waals surface area contributed by atoms with E-state index >= 15 is 4.39 Å². The van der Waals surface area contributed by atoms with Gasteiger partial charge in [0.15, 0.2) is 18.1 Å². The minimum absolute atomic E-state index is 0.358. The highest BCUT2D eigenvalue weighted by molar-refractivity contribution is 8.01. The van der Waals surface area contributed by atoms with Gasteiger partial charge in [0.05, 0.1) is 5.75 Å². The fourth-order valence-corrected chi connectivity index (χ4v) is 3.88. The summed E-state index contributed by atoms with van der Waals surface area (Å²) >= 11 is 0.922. The van der Waals surface area contributed by atoms with E-state index in [1.807, 2.05) is 0 Å². The molecule has 0 aromatic carbocycles. The van der Waals surface area contributed by atoms with E-state index in [2.05, 4.69) is 4.98 Å². The van der Waals surface area contributed by atoms with Crippen LogP contribution in [0.2, 0.25) is 0 Å². The van der Waals surface area contributed by atoms with Gasteiger partial charge in [0.2, 0.25) is 0 Å². The Balaban J connectivity index is 2.29. The number of aromatic nitrogens is 2. The van der Waals surface area contributed by atoms with Crippen LogP contribution in [-0.4, -0.2) is 57.0 Å². The molecule has 2 rings (SSSR count). The van der Waals surface area contributed by atoms with Crippen molar-refractivity contribution < 1.29 is 37.7 Å². The van der Waals surface area contributed by atoms with Gasteiger partial charge < -0.3 is 18.9 Å².